The van der Waals surface area contributed by atoms with E-state index >= 15 is 0 Å². The van der Waals surface area contributed by atoms with E-state index in [-0.39, 0.29) is 43.2 Å². The Balaban J connectivity index is 2.03. The standard InChI is InChI=1S/C39H66O7/c1-4-5-16-23-34(40)27-28-36-33(26-29-37(36)42)22-18-14-15-20-25-39(44)46-31-35(41)30-45-38(43)24-19-13-11-9-7-6-8-10-12-17-21-32(2)3/h14,18,26-29,32-36,40-41H,4-13,15-17,19-25,30-31H2,1-3H3/b18-14-,28-27+/t33-,34-,35+,36+/m0/s1. The number of aliphatic hydroxyl groups is 2. The molecule has 46 heavy (non-hydrogen) atoms. The zero-order valence-electron chi connectivity index (χ0n) is 29.3. The zero-order valence-corrected chi connectivity index (χ0v) is 29.3. The van der Waals surface area contributed by atoms with Crippen molar-refractivity contribution in [3.8, 4) is 0 Å². The fourth-order valence-corrected chi connectivity index (χ4v) is 5.61. The fraction of sp³-hybridized carbons (Fsp3) is 0.769. The number of ketones is 1. The molecule has 0 aromatic carbocycles. The molecule has 1 aliphatic carbocycles. The molecule has 0 saturated heterocycles. The predicted molar refractivity (Wildman–Crippen MR) is 186 cm³/mol. The predicted octanol–water partition coefficient (Wildman–Crippen LogP) is 8.76. The van der Waals surface area contributed by atoms with E-state index in [1.165, 1.54) is 51.4 Å². The zero-order chi connectivity index (χ0) is 33.8. The Bertz CT molecular complexity index is 891. The highest BCUT2D eigenvalue weighted by Crippen LogP contribution is 2.27. The van der Waals surface area contributed by atoms with Crippen molar-refractivity contribution in [3.63, 3.8) is 0 Å². The molecule has 1 aliphatic rings. The van der Waals surface area contributed by atoms with E-state index in [1.807, 2.05) is 24.3 Å². The lowest BCUT2D eigenvalue weighted by Gasteiger charge is -2.13. The van der Waals surface area contributed by atoms with Crippen LogP contribution in [0.4, 0.5) is 0 Å². The highest BCUT2D eigenvalue weighted by Gasteiger charge is 2.26. The van der Waals surface area contributed by atoms with Crippen molar-refractivity contribution >= 4 is 17.7 Å². The number of allylic oxidation sites excluding steroid dienone is 5. The van der Waals surface area contributed by atoms with Crippen LogP contribution in [0.3, 0.4) is 0 Å². The molecule has 0 heterocycles. The summed E-state index contributed by atoms with van der Waals surface area (Å²) in [6.07, 6.45) is 29.7. The molecular formula is C39H66O7. The highest BCUT2D eigenvalue weighted by atomic mass is 16.6. The van der Waals surface area contributed by atoms with E-state index in [9.17, 15) is 24.6 Å². The van der Waals surface area contributed by atoms with Crippen molar-refractivity contribution in [2.24, 2.45) is 17.8 Å². The van der Waals surface area contributed by atoms with Gasteiger partial charge in [0.15, 0.2) is 5.78 Å². The van der Waals surface area contributed by atoms with Crippen LogP contribution < -0.4 is 0 Å². The van der Waals surface area contributed by atoms with Crippen molar-refractivity contribution in [1.29, 1.82) is 0 Å². The molecule has 0 aromatic rings. The maximum Gasteiger partial charge on any atom is 0.305 e. The van der Waals surface area contributed by atoms with Gasteiger partial charge in [-0.3, -0.25) is 14.4 Å². The Morgan fingerprint density at radius 1 is 0.783 bits per heavy atom. The maximum absolute atomic E-state index is 12.2. The van der Waals surface area contributed by atoms with Gasteiger partial charge in [-0.15, -0.1) is 0 Å². The monoisotopic (exact) mass is 646 g/mol. The van der Waals surface area contributed by atoms with E-state index in [1.54, 1.807) is 12.2 Å². The second-order valence-corrected chi connectivity index (χ2v) is 13.5. The van der Waals surface area contributed by atoms with E-state index < -0.39 is 18.2 Å². The van der Waals surface area contributed by atoms with Gasteiger partial charge < -0.3 is 19.7 Å². The highest BCUT2D eigenvalue weighted by molar-refractivity contribution is 5.95. The quantitative estimate of drug-likeness (QED) is 0.0475. The number of carbonyl (C=O) groups excluding carboxylic acids is 3. The summed E-state index contributed by atoms with van der Waals surface area (Å²) in [6.45, 7) is 6.34. The van der Waals surface area contributed by atoms with Crippen LogP contribution in [0, 0.1) is 17.8 Å². The summed E-state index contributed by atoms with van der Waals surface area (Å²) in [6, 6.07) is 0. The first kappa shape index (κ1) is 41.8. The molecule has 4 atom stereocenters. The van der Waals surface area contributed by atoms with Gasteiger partial charge in [-0.05, 0) is 50.0 Å². The molecule has 0 bridgehead atoms. The molecule has 1 rings (SSSR count). The lowest BCUT2D eigenvalue weighted by molar-refractivity contribution is -0.152. The van der Waals surface area contributed by atoms with Crippen molar-refractivity contribution in [2.45, 2.75) is 161 Å². The molecular weight excluding hydrogens is 580 g/mol. The van der Waals surface area contributed by atoms with Crippen LogP contribution in [-0.2, 0) is 23.9 Å². The Morgan fingerprint density at radius 3 is 1.96 bits per heavy atom. The van der Waals surface area contributed by atoms with Crippen LogP contribution in [0.15, 0.2) is 36.5 Å². The normalized spacial score (nSPS) is 17.8. The van der Waals surface area contributed by atoms with Gasteiger partial charge in [0.25, 0.3) is 0 Å². The van der Waals surface area contributed by atoms with E-state index in [2.05, 4.69) is 20.8 Å². The molecule has 2 N–H and O–H groups in total. The second-order valence-electron chi connectivity index (χ2n) is 13.5. The van der Waals surface area contributed by atoms with Gasteiger partial charge in [-0.2, -0.15) is 0 Å². The number of hydrogen-bond acceptors (Lipinski definition) is 7. The molecule has 7 nitrogen and oxygen atoms in total. The number of rotatable bonds is 29. The Kier molecular flexibility index (Phi) is 25.3. The number of ether oxygens (including phenoxy) is 2. The number of esters is 2. The number of unbranched alkanes of at least 4 members (excludes halogenated alkanes) is 12. The van der Waals surface area contributed by atoms with Crippen LogP contribution in [0.1, 0.15) is 149 Å². The van der Waals surface area contributed by atoms with Crippen LogP contribution in [0.5, 0.6) is 0 Å². The van der Waals surface area contributed by atoms with Crippen molar-refractivity contribution in [1.82, 2.24) is 0 Å². The minimum absolute atomic E-state index is 0.0736. The third-order valence-corrected chi connectivity index (χ3v) is 8.55. The van der Waals surface area contributed by atoms with Gasteiger partial charge in [-0.25, -0.2) is 0 Å². The third-order valence-electron chi connectivity index (χ3n) is 8.55. The molecule has 264 valence electrons. The average molecular weight is 647 g/mol. The third kappa shape index (κ3) is 23.1. The largest absolute Gasteiger partial charge is 0.463 e. The average Bonchev–Trinajstić information content (AvgIpc) is 3.38. The van der Waals surface area contributed by atoms with Crippen LogP contribution in [0.2, 0.25) is 0 Å². The van der Waals surface area contributed by atoms with Gasteiger partial charge in [0.1, 0.15) is 19.3 Å². The molecule has 0 radical (unpaired) electrons. The second kappa shape index (κ2) is 27.8. The SMILES string of the molecule is CCCCC[C@H](O)/C=C/[C@H]1C(=O)C=C[C@@H]1C/C=C\CCCC(=O)OC[C@H](O)COC(=O)CCCCCCCCCCCCC(C)C. The van der Waals surface area contributed by atoms with E-state index in [0.717, 1.165) is 57.3 Å². The van der Waals surface area contributed by atoms with Gasteiger partial charge >= 0.3 is 11.9 Å². The topological polar surface area (TPSA) is 110 Å². The minimum atomic E-state index is -1.03. The molecule has 7 heteroatoms. The summed E-state index contributed by atoms with van der Waals surface area (Å²) in [7, 11) is 0. The smallest absolute Gasteiger partial charge is 0.305 e. The van der Waals surface area contributed by atoms with E-state index in [4.69, 9.17) is 9.47 Å². The van der Waals surface area contributed by atoms with Crippen LogP contribution in [0.25, 0.3) is 0 Å². The lowest BCUT2D eigenvalue weighted by Crippen LogP contribution is -2.25. The number of carbonyl (C=O) groups is 3. The molecule has 0 spiro atoms. The summed E-state index contributed by atoms with van der Waals surface area (Å²) < 4.78 is 10.3. The van der Waals surface area contributed by atoms with Gasteiger partial charge in [0.2, 0.25) is 0 Å². The van der Waals surface area contributed by atoms with Crippen LogP contribution in [-0.4, -0.2) is 53.4 Å². The summed E-state index contributed by atoms with van der Waals surface area (Å²) >= 11 is 0. The molecule has 0 unspecified atom stereocenters. The number of aliphatic hydroxyl groups excluding tert-OH is 2. The first-order valence-corrected chi connectivity index (χ1v) is 18.5. The first-order valence-electron chi connectivity index (χ1n) is 18.5. The van der Waals surface area contributed by atoms with Gasteiger partial charge in [0, 0.05) is 18.8 Å². The van der Waals surface area contributed by atoms with Gasteiger partial charge in [0.05, 0.1) is 6.10 Å². The van der Waals surface area contributed by atoms with Crippen molar-refractivity contribution in [3.05, 3.63) is 36.5 Å². The first-order chi connectivity index (χ1) is 22.2. The Morgan fingerprint density at radius 2 is 1.35 bits per heavy atom. The van der Waals surface area contributed by atoms with E-state index in [0.29, 0.717) is 19.3 Å². The molecule has 0 aliphatic heterocycles. The lowest BCUT2D eigenvalue weighted by atomic mass is 9.90. The molecule has 0 aromatic heterocycles. The van der Waals surface area contributed by atoms with Gasteiger partial charge in [-0.1, -0.05) is 135 Å². The van der Waals surface area contributed by atoms with Crippen molar-refractivity contribution < 1.29 is 34.1 Å². The molecule has 0 saturated carbocycles. The van der Waals surface area contributed by atoms with Crippen LogP contribution >= 0.6 is 0 Å². The Labute approximate surface area is 280 Å². The molecule has 0 amide bonds. The van der Waals surface area contributed by atoms with Crippen molar-refractivity contribution in [2.75, 3.05) is 13.2 Å². The summed E-state index contributed by atoms with van der Waals surface area (Å²) in [5.74, 6) is 0.0242. The Hall–Kier alpha value is -2.25. The minimum Gasteiger partial charge on any atom is -0.463 e. The summed E-state index contributed by atoms with van der Waals surface area (Å²) in [5, 5.41) is 20.1. The summed E-state index contributed by atoms with van der Waals surface area (Å²) in [5.41, 5.74) is 0. The molecule has 0 fully saturated rings. The fourth-order valence-electron chi connectivity index (χ4n) is 5.61. The number of hydrogen-bond donors (Lipinski definition) is 2. The summed E-state index contributed by atoms with van der Waals surface area (Å²) in [4.78, 5) is 36.2. The maximum atomic E-state index is 12.2.